The molecule has 31 heavy (non-hydrogen) atoms. The zero-order valence-corrected chi connectivity index (χ0v) is 17.9. The molecule has 0 saturated carbocycles. The molecule has 4 aromatic carbocycles. The number of esters is 1. The molecule has 0 aliphatic heterocycles. The van der Waals surface area contributed by atoms with Crippen molar-refractivity contribution in [3.05, 3.63) is 115 Å². The molecule has 0 aliphatic carbocycles. The Hall–Kier alpha value is -3.62. The minimum Gasteiger partial charge on any atom is -0.465 e. The topological polar surface area (TPSA) is 51.0 Å². The molecule has 0 spiro atoms. The summed E-state index contributed by atoms with van der Waals surface area (Å²) in [5.74, 6) is -0.360. The van der Waals surface area contributed by atoms with E-state index in [0.717, 1.165) is 21.6 Å². The molecule has 0 amide bonds. The number of carbonyl (C=O) groups excluding carboxylic acids is 1. The minimum absolute atomic E-state index is 0.360. The van der Waals surface area contributed by atoms with E-state index >= 15 is 0 Å². The van der Waals surface area contributed by atoms with Gasteiger partial charge in [0, 0.05) is 5.30 Å². The third-order valence-electron chi connectivity index (χ3n) is 4.69. The number of benzene rings is 4. The largest absolute Gasteiger partial charge is 0.465 e. The van der Waals surface area contributed by atoms with Crippen LogP contribution in [0.3, 0.4) is 0 Å². The number of nitrogens with zero attached hydrogens (tertiary/aromatic N) is 2. The van der Waals surface area contributed by atoms with Crippen molar-refractivity contribution in [2.45, 2.75) is 0 Å². The number of azo groups is 1. The molecule has 0 unspecified atom stereocenters. The van der Waals surface area contributed by atoms with Gasteiger partial charge in [-0.05, 0) is 48.9 Å². The molecule has 5 heteroatoms. The molecule has 0 saturated heterocycles. The van der Waals surface area contributed by atoms with Crippen LogP contribution in [0.25, 0.3) is 0 Å². The van der Waals surface area contributed by atoms with E-state index in [4.69, 9.17) is 4.74 Å². The maximum atomic E-state index is 12.6. The summed E-state index contributed by atoms with van der Waals surface area (Å²) < 4.78 is 5.09. The second-order valence-electron chi connectivity index (χ2n) is 6.74. The lowest BCUT2D eigenvalue weighted by atomic mass is 10.2. The van der Waals surface area contributed by atoms with Gasteiger partial charge in [-0.3, -0.25) is 0 Å². The van der Waals surface area contributed by atoms with Crippen molar-refractivity contribution >= 4 is 41.2 Å². The van der Waals surface area contributed by atoms with Crippen LogP contribution in [0, 0.1) is 0 Å². The Bertz CT molecular complexity index is 1140. The zero-order valence-electron chi connectivity index (χ0n) is 17.1. The predicted molar refractivity (Wildman–Crippen MR) is 127 cm³/mol. The lowest BCUT2D eigenvalue weighted by molar-refractivity contribution is 0.0602. The monoisotopic (exact) mass is 424 g/mol. The average molecular weight is 424 g/mol. The lowest BCUT2D eigenvalue weighted by Gasteiger charge is -2.21. The Labute approximate surface area is 183 Å². The SMILES string of the molecule is COC(=O)c1ccc(N=Nc2ccccc2)cc1P(c1ccccc1)c1ccccc1. The molecule has 0 aromatic heterocycles. The molecule has 4 rings (SSSR count). The standard InChI is InChI=1S/C26H21N2O2P/c1-30-26(29)24-18-17-21(28-27-20-11-5-2-6-12-20)19-25(24)31(22-13-7-3-8-14-22)23-15-9-4-10-16-23/h2-19H,1H3. The van der Waals surface area contributed by atoms with E-state index in [2.05, 4.69) is 34.5 Å². The first kappa shape index (κ1) is 20.6. The Morgan fingerprint density at radius 1 is 0.677 bits per heavy atom. The van der Waals surface area contributed by atoms with Crippen molar-refractivity contribution in [3.63, 3.8) is 0 Å². The fraction of sp³-hybridized carbons (Fsp3) is 0.0385. The van der Waals surface area contributed by atoms with Crippen LogP contribution in [-0.4, -0.2) is 13.1 Å². The predicted octanol–water partition coefficient (Wildman–Crippen LogP) is 5.65. The van der Waals surface area contributed by atoms with Crippen molar-refractivity contribution in [2.75, 3.05) is 7.11 Å². The first-order valence-electron chi connectivity index (χ1n) is 9.85. The molecule has 0 radical (unpaired) electrons. The van der Waals surface area contributed by atoms with Gasteiger partial charge < -0.3 is 4.74 Å². The highest BCUT2D eigenvalue weighted by Crippen LogP contribution is 2.36. The van der Waals surface area contributed by atoms with Crippen molar-refractivity contribution in [1.82, 2.24) is 0 Å². The number of hydrogen-bond donors (Lipinski definition) is 0. The second-order valence-corrected chi connectivity index (χ2v) is 8.92. The van der Waals surface area contributed by atoms with Crippen LogP contribution in [0.5, 0.6) is 0 Å². The van der Waals surface area contributed by atoms with E-state index < -0.39 is 7.92 Å². The minimum atomic E-state index is -0.989. The van der Waals surface area contributed by atoms with Crippen LogP contribution in [-0.2, 0) is 4.74 Å². The third kappa shape index (κ3) is 4.93. The number of hydrogen-bond acceptors (Lipinski definition) is 4. The number of ether oxygens (including phenoxy) is 1. The van der Waals surface area contributed by atoms with Gasteiger partial charge in [-0.2, -0.15) is 10.2 Å². The normalized spacial score (nSPS) is 11.0. The van der Waals surface area contributed by atoms with Gasteiger partial charge in [0.1, 0.15) is 0 Å². The van der Waals surface area contributed by atoms with Gasteiger partial charge in [-0.15, -0.1) is 0 Å². The number of carbonyl (C=O) groups is 1. The van der Waals surface area contributed by atoms with Gasteiger partial charge in [0.2, 0.25) is 0 Å². The Morgan fingerprint density at radius 2 is 1.19 bits per heavy atom. The highest BCUT2D eigenvalue weighted by Gasteiger charge is 2.23. The molecule has 4 aromatic rings. The highest BCUT2D eigenvalue weighted by molar-refractivity contribution is 7.80. The molecular weight excluding hydrogens is 403 g/mol. The summed E-state index contributed by atoms with van der Waals surface area (Å²) in [6, 6.07) is 35.5. The lowest BCUT2D eigenvalue weighted by Crippen LogP contribution is -2.25. The second kappa shape index (κ2) is 9.92. The van der Waals surface area contributed by atoms with E-state index in [1.165, 1.54) is 7.11 Å². The van der Waals surface area contributed by atoms with Crippen LogP contribution in [0.4, 0.5) is 11.4 Å². The smallest absolute Gasteiger partial charge is 0.338 e. The Morgan fingerprint density at radius 3 is 1.74 bits per heavy atom. The van der Waals surface area contributed by atoms with Crippen LogP contribution in [0.15, 0.2) is 119 Å². The van der Waals surface area contributed by atoms with E-state index in [9.17, 15) is 4.79 Å². The zero-order chi connectivity index (χ0) is 21.5. The molecular formula is C26H21N2O2P. The quantitative estimate of drug-likeness (QED) is 0.228. The molecule has 0 atom stereocenters. The number of methoxy groups -OCH3 is 1. The maximum absolute atomic E-state index is 12.6. The van der Waals surface area contributed by atoms with E-state index in [1.54, 1.807) is 12.1 Å². The third-order valence-corrected chi connectivity index (χ3v) is 7.17. The highest BCUT2D eigenvalue weighted by atomic mass is 31.1. The van der Waals surface area contributed by atoms with Crippen molar-refractivity contribution in [3.8, 4) is 0 Å². The van der Waals surface area contributed by atoms with Gasteiger partial charge in [-0.1, -0.05) is 78.9 Å². The fourth-order valence-electron chi connectivity index (χ4n) is 3.24. The van der Waals surface area contributed by atoms with Crippen molar-refractivity contribution in [1.29, 1.82) is 0 Å². The average Bonchev–Trinajstić information content (AvgIpc) is 2.84. The molecule has 0 fully saturated rings. The Kier molecular flexibility index (Phi) is 6.61. The Balaban J connectivity index is 1.86. The summed E-state index contributed by atoms with van der Waals surface area (Å²) >= 11 is 0. The van der Waals surface area contributed by atoms with Crippen molar-refractivity contribution < 1.29 is 9.53 Å². The van der Waals surface area contributed by atoms with E-state index in [1.807, 2.05) is 72.8 Å². The van der Waals surface area contributed by atoms with E-state index in [-0.39, 0.29) is 5.97 Å². The van der Waals surface area contributed by atoms with Gasteiger partial charge >= 0.3 is 5.97 Å². The van der Waals surface area contributed by atoms with E-state index in [0.29, 0.717) is 11.3 Å². The summed E-state index contributed by atoms with van der Waals surface area (Å²) in [5, 5.41) is 11.9. The summed E-state index contributed by atoms with van der Waals surface area (Å²) in [6.07, 6.45) is 0. The van der Waals surface area contributed by atoms with Crippen molar-refractivity contribution in [2.24, 2.45) is 10.2 Å². The summed E-state index contributed by atoms with van der Waals surface area (Å²) in [6.45, 7) is 0. The van der Waals surface area contributed by atoms with Crippen LogP contribution >= 0.6 is 7.92 Å². The molecule has 0 N–H and O–H groups in total. The fourth-order valence-corrected chi connectivity index (χ4v) is 5.70. The van der Waals surface area contributed by atoms with Gasteiger partial charge in [0.15, 0.2) is 0 Å². The van der Waals surface area contributed by atoms with Gasteiger partial charge in [0.25, 0.3) is 0 Å². The maximum Gasteiger partial charge on any atom is 0.338 e. The summed E-state index contributed by atoms with van der Waals surface area (Å²) in [5.41, 5.74) is 2.00. The van der Waals surface area contributed by atoms with Gasteiger partial charge in [-0.25, -0.2) is 4.79 Å². The molecule has 0 aliphatic rings. The first-order chi connectivity index (χ1) is 15.3. The first-order valence-corrected chi connectivity index (χ1v) is 11.2. The van der Waals surface area contributed by atoms with Gasteiger partial charge in [0.05, 0.1) is 24.0 Å². The van der Waals surface area contributed by atoms with Crippen LogP contribution in [0.2, 0.25) is 0 Å². The van der Waals surface area contributed by atoms with Crippen LogP contribution < -0.4 is 15.9 Å². The molecule has 152 valence electrons. The molecule has 0 bridgehead atoms. The summed E-state index contributed by atoms with van der Waals surface area (Å²) in [4.78, 5) is 12.6. The summed E-state index contributed by atoms with van der Waals surface area (Å²) in [7, 11) is 0.417. The molecule has 0 heterocycles. The number of rotatable bonds is 6. The van der Waals surface area contributed by atoms with Crippen LogP contribution in [0.1, 0.15) is 10.4 Å². The molecule has 4 nitrogen and oxygen atoms in total.